The maximum atomic E-state index is 12.3. The minimum Gasteiger partial charge on any atom is -0.466 e. The van der Waals surface area contributed by atoms with Gasteiger partial charge in [-0.2, -0.15) is 13.2 Å². The van der Waals surface area contributed by atoms with Crippen LogP contribution in [0.1, 0.15) is 32.6 Å². The van der Waals surface area contributed by atoms with Gasteiger partial charge in [0.25, 0.3) is 0 Å². The van der Waals surface area contributed by atoms with Crippen molar-refractivity contribution in [3.05, 3.63) is 0 Å². The summed E-state index contributed by atoms with van der Waals surface area (Å²) in [6.45, 7) is 0.556. The molecule has 1 aliphatic rings. The smallest absolute Gasteiger partial charge is 0.406 e. The molecule has 150 valence electrons. The Morgan fingerprint density at radius 2 is 1.85 bits per heavy atom. The van der Waals surface area contributed by atoms with Crippen molar-refractivity contribution in [2.45, 2.75) is 44.8 Å². The Morgan fingerprint density at radius 3 is 2.35 bits per heavy atom. The van der Waals surface area contributed by atoms with E-state index in [9.17, 15) is 22.8 Å². The normalized spacial score (nSPS) is 21.1. The number of hydrogen-bond donors (Lipinski definition) is 2. The molecule has 0 bridgehead atoms. The van der Waals surface area contributed by atoms with Crippen LogP contribution in [0.4, 0.5) is 13.2 Å². The molecule has 0 unspecified atom stereocenters. The topological polar surface area (TPSA) is 83.0 Å². The molecule has 0 saturated heterocycles. The first kappa shape index (κ1) is 22.0. The molecule has 0 aromatic heterocycles. The van der Waals surface area contributed by atoms with Crippen molar-refractivity contribution >= 4 is 17.8 Å². The van der Waals surface area contributed by atoms with Gasteiger partial charge < -0.3 is 20.3 Å². The highest BCUT2D eigenvalue weighted by atomic mass is 19.4. The van der Waals surface area contributed by atoms with Crippen molar-refractivity contribution in [1.29, 1.82) is 0 Å². The third-order valence-electron chi connectivity index (χ3n) is 4.16. The Balaban J connectivity index is 2.38. The minimum atomic E-state index is -4.43. The van der Waals surface area contributed by atoms with Crippen molar-refractivity contribution in [3.8, 4) is 0 Å². The molecule has 2 N–H and O–H groups in total. The van der Waals surface area contributed by atoms with Crippen LogP contribution < -0.4 is 10.6 Å². The number of nitrogens with one attached hydrogen (secondary N) is 2. The van der Waals surface area contributed by atoms with Crippen LogP contribution in [0.2, 0.25) is 0 Å². The number of ether oxygens (including phenoxy) is 1. The van der Waals surface area contributed by atoms with Gasteiger partial charge in [-0.05, 0) is 32.6 Å². The predicted molar refractivity (Wildman–Crippen MR) is 90.6 cm³/mol. The van der Waals surface area contributed by atoms with E-state index >= 15 is 0 Å². The highest BCUT2D eigenvalue weighted by molar-refractivity contribution is 5.86. The van der Waals surface area contributed by atoms with Gasteiger partial charge in [0.15, 0.2) is 5.96 Å². The van der Waals surface area contributed by atoms with Gasteiger partial charge >= 0.3 is 12.1 Å². The zero-order chi connectivity index (χ0) is 19.7. The molecule has 1 rings (SSSR count). The third kappa shape index (κ3) is 7.92. The molecule has 0 spiro atoms. The van der Waals surface area contributed by atoms with E-state index in [1.165, 1.54) is 7.05 Å². The lowest BCUT2D eigenvalue weighted by Crippen LogP contribution is -2.49. The molecule has 0 aliphatic heterocycles. The van der Waals surface area contributed by atoms with Gasteiger partial charge in [-0.1, -0.05) is 0 Å². The molecule has 1 aliphatic carbocycles. The zero-order valence-electron chi connectivity index (χ0n) is 15.4. The number of amides is 1. The Bertz CT molecular complexity index is 503. The fourth-order valence-electron chi connectivity index (χ4n) is 2.77. The minimum absolute atomic E-state index is 0.0786. The Labute approximate surface area is 151 Å². The summed E-state index contributed by atoms with van der Waals surface area (Å²) in [6.07, 6.45) is -1.55. The van der Waals surface area contributed by atoms with Crippen LogP contribution in [0.3, 0.4) is 0 Å². The lowest BCUT2D eigenvalue weighted by atomic mass is 9.86. The number of halogens is 3. The molecular weight excluding hydrogens is 353 g/mol. The molecule has 1 saturated carbocycles. The van der Waals surface area contributed by atoms with Crippen LogP contribution in [-0.4, -0.2) is 68.7 Å². The number of hydrogen-bond acceptors (Lipinski definition) is 4. The molecule has 0 aromatic rings. The van der Waals surface area contributed by atoms with Crippen LogP contribution in [0.25, 0.3) is 0 Å². The molecule has 0 atom stereocenters. The van der Waals surface area contributed by atoms with E-state index in [0.717, 1.165) is 19.9 Å². The lowest BCUT2D eigenvalue weighted by molar-refractivity contribution is -0.157. The SMILES string of the molecule is CCOC(=O)C1CCC(NC(=NC)NCC(=O)N(C)CC(F)(F)F)CC1. The summed E-state index contributed by atoms with van der Waals surface area (Å²) in [5.74, 6) is -0.609. The molecular formula is C16H27F3N4O3. The van der Waals surface area contributed by atoms with Crippen molar-refractivity contribution in [1.82, 2.24) is 15.5 Å². The zero-order valence-corrected chi connectivity index (χ0v) is 15.4. The van der Waals surface area contributed by atoms with E-state index in [4.69, 9.17) is 4.74 Å². The monoisotopic (exact) mass is 380 g/mol. The van der Waals surface area contributed by atoms with E-state index in [1.807, 2.05) is 0 Å². The summed E-state index contributed by atoms with van der Waals surface area (Å²) < 4.78 is 41.9. The number of carbonyl (C=O) groups is 2. The average molecular weight is 380 g/mol. The third-order valence-corrected chi connectivity index (χ3v) is 4.16. The second-order valence-electron chi connectivity index (χ2n) is 6.24. The van der Waals surface area contributed by atoms with Gasteiger partial charge in [0.2, 0.25) is 5.91 Å². The number of alkyl halides is 3. The number of likely N-dealkylation sites (N-methyl/N-ethyl adjacent to an activating group) is 1. The Hall–Kier alpha value is -2.00. The van der Waals surface area contributed by atoms with Crippen molar-refractivity contribution < 1.29 is 27.5 Å². The molecule has 1 fully saturated rings. The van der Waals surface area contributed by atoms with Gasteiger partial charge in [-0.15, -0.1) is 0 Å². The standard InChI is InChI=1S/C16H27F3N4O3/c1-4-26-14(25)11-5-7-12(8-6-11)22-15(20-2)21-9-13(24)23(3)10-16(17,18)19/h11-12H,4-10H2,1-3H3,(H2,20,21,22). The maximum absolute atomic E-state index is 12.3. The van der Waals surface area contributed by atoms with E-state index in [-0.39, 0.29) is 24.5 Å². The molecule has 0 heterocycles. The Morgan fingerprint density at radius 1 is 1.23 bits per heavy atom. The van der Waals surface area contributed by atoms with Gasteiger partial charge in [0, 0.05) is 20.1 Å². The molecule has 0 radical (unpaired) electrons. The number of rotatable bonds is 6. The number of aliphatic imine (C=N–C) groups is 1. The lowest BCUT2D eigenvalue weighted by Gasteiger charge is -2.29. The van der Waals surface area contributed by atoms with Gasteiger partial charge in [-0.3, -0.25) is 14.6 Å². The van der Waals surface area contributed by atoms with E-state index in [2.05, 4.69) is 15.6 Å². The van der Waals surface area contributed by atoms with Crippen molar-refractivity contribution in [2.24, 2.45) is 10.9 Å². The Kier molecular flexibility index (Phi) is 8.67. The molecule has 10 heteroatoms. The van der Waals surface area contributed by atoms with Crippen LogP contribution in [0.15, 0.2) is 4.99 Å². The largest absolute Gasteiger partial charge is 0.466 e. The summed E-state index contributed by atoms with van der Waals surface area (Å²) in [4.78, 5) is 28.1. The quantitative estimate of drug-likeness (QED) is 0.412. The molecule has 7 nitrogen and oxygen atoms in total. The van der Waals surface area contributed by atoms with Crippen LogP contribution in [-0.2, 0) is 14.3 Å². The number of guanidine groups is 1. The maximum Gasteiger partial charge on any atom is 0.406 e. The van der Waals surface area contributed by atoms with Gasteiger partial charge in [0.05, 0.1) is 19.1 Å². The average Bonchev–Trinajstić information content (AvgIpc) is 2.57. The van der Waals surface area contributed by atoms with E-state index < -0.39 is 18.6 Å². The first-order chi connectivity index (χ1) is 12.2. The van der Waals surface area contributed by atoms with Crippen LogP contribution in [0.5, 0.6) is 0 Å². The van der Waals surface area contributed by atoms with Crippen LogP contribution in [0, 0.1) is 5.92 Å². The number of carbonyl (C=O) groups excluding carboxylic acids is 2. The van der Waals surface area contributed by atoms with Gasteiger partial charge in [-0.25, -0.2) is 0 Å². The molecule has 0 aromatic carbocycles. The van der Waals surface area contributed by atoms with Gasteiger partial charge in [0.1, 0.15) is 6.54 Å². The summed E-state index contributed by atoms with van der Waals surface area (Å²) in [5, 5.41) is 5.86. The van der Waals surface area contributed by atoms with E-state index in [0.29, 0.717) is 30.3 Å². The first-order valence-corrected chi connectivity index (χ1v) is 8.60. The summed E-state index contributed by atoms with van der Waals surface area (Å²) in [7, 11) is 2.62. The summed E-state index contributed by atoms with van der Waals surface area (Å²) in [6, 6.07) is 0.0786. The molecule has 26 heavy (non-hydrogen) atoms. The number of nitrogens with zero attached hydrogens (tertiary/aromatic N) is 2. The fraction of sp³-hybridized carbons (Fsp3) is 0.812. The number of esters is 1. The molecule has 1 amide bonds. The highest BCUT2D eigenvalue weighted by Gasteiger charge is 2.31. The first-order valence-electron chi connectivity index (χ1n) is 8.60. The second kappa shape index (κ2) is 10.2. The van der Waals surface area contributed by atoms with E-state index in [1.54, 1.807) is 6.92 Å². The van der Waals surface area contributed by atoms with Crippen molar-refractivity contribution in [3.63, 3.8) is 0 Å². The fourth-order valence-corrected chi connectivity index (χ4v) is 2.77. The second-order valence-corrected chi connectivity index (χ2v) is 6.24. The van der Waals surface area contributed by atoms with Crippen LogP contribution >= 0.6 is 0 Å². The summed E-state index contributed by atoms with van der Waals surface area (Å²) >= 11 is 0. The van der Waals surface area contributed by atoms with Crippen molar-refractivity contribution in [2.75, 3.05) is 33.8 Å². The summed E-state index contributed by atoms with van der Waals surface area (Å²) in [5.41, 5.74) is 0. The predicted octanol–water partition coefficient (Wildman–Crippen LogP) is 1.29. The highest BCUT2D eigenvalue weighted by Crippen LogP contribution is 2.25.